The van der Waals surface area contributed by atoms with E-state index in [-0.39, 0.29) is 17.0 Å². The quantitative estimate of drug-likeness (QED) is 0.762. The van der Waals surface area contributed by atoms with E-state index < -0.39 is 11.2 Å². The maximum absolute atomic E-state index is 12.5. The number of nitrogens with zero attached hydrogens (tertiary/aromatic N) is 1. The Morgan fingerprint density at radius 1 is 0.955 bits per heavy atom. The molecule has 1 aromatic heterocycles. The maximum atomic E-state index is 12.5. The summed E-state index contributed by atoms with van der Waals surface area (Å²) in [4.78, 5) is 27.3. The first-order chi connectivity index (χ1) is 10.5. The summed E-state index contributed by atoms with van der Waals surface area (Å²) in [5.41, 5.74) is 0.113. The van der Waals surface area contributed by atoms with Gasteiger partial charge < -0.3 is 4.98 Å². The number of halogens is 3. The Hall–Kier alpha value is -1.75. The summed E-state index contributed by atoms with van der Waals surface area (Å²) in [6, 6.07) is 9.87. The number of aromatic amines is 1. The highest BCUT2D eigenvalue weighted by molar-refractivity contribution is 6.38. The molecule has 1 N–H and O–H groups in total. The third-order valence-electron chi connectivity index (χ3n) is 3.25. The number of aromatic nitrogens is 2. The van der Waals surface area contributed by atoms with Crippen LogP contribution < -0.4 is 11.2 Å². The molecule has 1 heterocycles. The van der Waals surface area contributed by atoms with Gasteiger partial charge in [0.25, 0.3) is 5.56 Å². The van der Waals surface area contributed by atoms with Crippen molar-refractivity contribution < 1.29 is 0 Å². The minimum Gasteiger partial charge on any atom is -0.307 e. The standard InChI is InChI=1S/C15H9Cl3N2O2/c16-9-3-1-8(2-4-9)7-20-14(21)13-11(18)5-10(17)6-12(13)19-15(20)22/h1-6H,7H2,(H,19,22). The van der Waals surface area contributed by atoms with Gasteiger partial charge in [0, 0.05) is 10.0 Å². The average molecular weight is 356 g/mol. The SMILES string of the molecule is O=c1[nH]c2cc(Cl)cc(Cl)c2c(=O)n1Cc1ccc(Cl)cc1. The monoisotopic (exact) mass is 354 g/mol. The van der Waals surface area contributed by atoms with Crippen molar-refractivity contribution in [2.45, 2.75) is 6.54 Å². The molecule has 3 aromatic rings. The predicted molar refractivity (Wildman–Crippen MR) is 89.4 cm³/mol. The highest BCUT2D eigenvalue weighted by Crippen LogP contribution is 2.23. The maximum Gasteiger partial charge on any atom is 0.329 e. The molecule has 0 atom stereocenters. The van der Waals surface area contributed by atoms with Crippen molar-refractivity contribution in [2.24, 2.45) is 0 Å². The van der Waals surface area contributed by atoms with Crippen LogP contribution >= 0.6 is 34.8 Å². The van der Waals surface area contributed by atoms with Crippen molar-refractivity contribution in [1.82, 2.24) is 9.55 Å². The zero-order valence-corrected chi connectivity index (χ0v) is 13.3. The van der Waals surface area contributed by atoms with Gasteiger partial charge in [0.05, 0.1) is 22.5 Å². The zero-order valence-electron chi connectivity index (χ0n) is 11.1. The fourth-order valence-electron chi connectivity index (χ4n) is 2.22. The topological polar surface area (TPSA) is 54.9 Å². The largest absolute Gasteiger partial charge is 0.329 e. The molecule has 0 aliphatic carbocycles. The average Bonchev–Trinajstić information content (AvgIpc) is 2.44. The summed E-state index contributed by atoms with van der Waals surface area (Å²) in [5, 5.41) is 1.37. The van der Waals surface area contributed by atoms with E-state index in [1.807, 2.05) is 0 Å². The minimum atomic E-state index is -0.522. The first-order valence-corrected chi connectivity index (χ1v) is 7.45. The molecule has 2 aromatic carbocycles. The van der Waals surface area contributed by atoms with Gasteiger partial charge in [-0.25, -0.2) is 4.79 Å². The Balaban J connectivity index is 2.20. The van der Waals surface area contributed by atoms with Crippen LogP contribution in [0.4, 0.5) is 0 Å². The molecule has 0 saturated carbocycles. The third kappa shape index (κ3) is 2.77. The molecule has 112 valence electrons. The Labute approximate surface area is 139 Å². The molecule has 0 aliphatic heterocycles. The molecule has 22 heavy (non-hydrogen) atoms. The second kappa shape index (κ2) is 5.80. The van der Waals surface area contributed by atoms with Gasteiger partial charge in [-0.2, -0.15) is 0 Å². The number of H-pyrrole nitrogens is 1. The van der Waals surface area contributed by atoms with Crippen LogP contribution in [0.25, 0.3) is 10.9 Å². The van der Waals surface area contributed by atoms with Crippen molar-refractivity contribution in [3.8, 4) is 0 Å². The van der Waals surface area contributed by atoms with Gasteiger partial charge in [0.2, 0.25) is 0 Å². The van der Waals surface area contributed by atoms with Gasteiger partial charge in [0.1, 0.15) is 0 Å². The van der Waals surface area contributed by atoms with E-state index in [4.69, 9.17) is 34.8 Å². The molecule has 4 nitrogen and oxygen atoms in total. The molecule has 0 aliphatic rings. The molecule has 0 radical (unpaired) electrons. The molecule has 3 rings (SSSR count). The van der Waals surface area contributed by atoms with Gasteiger partial charge in [-0.3, -0.25) is 9.36 Å². The highest BCUT2D eigenvalue weighted by atomic mass is 35.5. The summed E-state index contributed by atoms with van der Waals surface area (Å²) in [5.74, 6) is 0. The van der Waals surface area contributed by atoms with E-state index in [9.17, 15) is 9.59 Å². The number of fused-ring (bicyclic) bond motifs is 1. The fraction of sp³-hybridized carbons (Fsp3) is 0.0667. The molecule has 0 fully saturated rings. The molecule has 0 bridgehead atoms. The zero-order chi connectivity index (χ0) is 15.9. The van der Waals surface area contributed by atoms with Crippen LogP contribution in [-0.2, 0) is 6.54 Å². The predicted octanol–water partition coefficient (Wildman–Crippen LogP) is 3.70. The van der Waals surface area contributed by atoms with Gasteiger partial charge in [-0.05, 0) is 29.8 Å². The molecule has 0 amide bonds. The molecule has 0 unspecified atom stereocenters. The molecule has 0 spiro atoms. The van der Waals surface area contributed by atoms with E-state index in [1.54, 1.807) is 24.3 Å². The number of hydrogen-bond acceptors (Lipinski definition) is 2. The lowest BCUT2D eigenvalue weighted by Crippen LogP contribution is -2.35. The van der Waals surface area contributed by atoms with Crippen LogP contribution in [0.5, 0.6) is 0 Å². The van der Waals surface area contributed by atoms with Crippen molar-refractivity contribution in [2.75, 3.05) is 0 Å². The third-order valence-corrected chi connectivity index (χ3v) is 4.02. The van der Waals surface area contributed by atoms with Gasteiger partial charge in [-0.1, -0.05) is 46.9 Å². The lowest BCUT2D eigenvalue weighted by molar-refractivity contribution is 0.712. The Morgan fingerprint density at radius 3 is 2.32 bits per heavy atom. The smallest absolute Gasteiger partial charge is 0.307 e. The summed E-state index contributed by atoms with van der Waals surface area (Å²) in [7, 11) is 0. The lowest BCUT2D eigenvalue weighted by atomic mass is 10.2. The number of rotatable bonds is 2. The number of nitrogens with one attached hydrogen (secondary N) is 1. The Bertz CT molecular complexity index is 975. The Kier molecular flexibility index (Phi) is 4.00. The molecule has 0 saturated heterocycles. The van der Waals surface area contributed by atoms with E-state index in [1.165, 1.54) is 12.1 Å². The van der Waals surface area contributed by atoms with Crippen LogP contribution in [-0.4, -0.2) is 9.55 Å². The Morgan fingerprint density at radius 2 is 1.64 bits per heavy atom. The minimum absolute atomic E-state index is 0.125. The normalized spacial score (nSPS) is 11.0. The molecular weight excluding hydrogens is 347 g/mol. The highest BCUT2D eigenvalue weighted by Gasteiger charge is 2.12. The summed E-state index contributed by atoms with van der Waals surface area (Å²) in [6.45, 7) is 0.125. The van der Waals surface area contributed by atoms with Crippen LogP contribution in [0.3, 0.4) is 0 Å². The van der Waals surface area contributed by atoms with Crippen LogP contribution in [0.15, 0.2) is 46.0 Å². The lowest BCUT2D eigenvalue weighted by Gasteiger charge is -2.08. The second-order valence-corrected chi connectivity index (χ2v) is 6.04. The van der Waals surface area contributed by atoms with E-state index in [0.717, 1.165) is 10.1 Å². The van der Waals surface area contributed by atoms with Crippen molar-refractivity contribution in [1.29, 1.82) is 0 Å². The number of benzene rings is 2. The van der Waals surface area contributed by atoms with E-state index in [2.05, 4.69) is 4.98 Å². The molecular formula is C15H9Cl3N2O2. The van der Waals surface area contributed by atoms with Gasteiger partial charge >= 0.3 is 5.69 Å². The summed E-state index contributed by atoms with van der Waals surface area (Å²) >= 11 is 17.8. The van der Waals surface area contributed by atoms with Crippen molar-refractivity contribution in [3.05, 3.63) is 77.9 Å². The molecule has 7 heteroatoms. The van der Waals surface area contributed by atoms with Crippen molar-refractivity contribution >= 4 is 45.7 Å². The first kappa shape index (κ1) is 15.2. The fourth-order valence-corrected chi connectivity index (χ4v) is 2.92. The summed E-state index contributed by atoms with van der Waals surface area (Å²) < 4.78 is 1.09. The van der Waals surface area contributed by atoms with Gasteiger partial charge in [0.15, 0.2) is 0 Å². The first-order valence-electron chi connectivity index (χ1n) is 6.32. The van der Waals surface area contributed by atoms with Crippen LogP contribution in [0.1, 0.15) is 5.56 Å². The second-order valence-electron chi connectivity index (χ2n) is 4.76. The van der Waals surface area contributed by atoms with Crippen LogP contribution in [0.2, 0.25) is 15.1 Å². The van der Waals surface area contributed by atoms with Gasteiger partial charge in [-0.15, -0.1) is 0 Å². The van der Waals surface area contributed by atoms with Crippen molar-refractivity contribution in [3.63, 3.8) is 0 Å². The van der Waals surface area contributed by atoms with E-state index >= 15 is 0 Å². The van der Waals surface area contributed by atoms with E-state index in [0.29, 0.717) is 15.6 Å². The summed E-state index contributed by atoms with van der Waals surface area (Å²) in [6.07, 6.45) is 0. The number of hydrogen-bond donors (Lipinski definition) is 1. The van der Waals surface area contributed by atoms with Crippen LogP contribution in [0, 0.1) is 0 Å².